The van der Waals surface area contributed by atoms with Crippen LogP contribution in [0.25, 0.3) is 10.9 Å². The van der Waals surface area contributed by atoms with Crippen molar-refractivity contribution in [2.24, 2.45) is 5.73 Å². The van der Waals surface area contributed by atoms with Crippen molar-refractivity contribution in [2.45, 2.75) is 5.92 Å². The SMILES string of the molecule is Cl.NC[C@@H]1CNC(=O)c2cccc3[nH]cc1c23. The molecule has 4 nitrogen and oxygen atoms in total. The van der Waals surface area contributed by atoms with Crippen molar-refractivity contribution in [3.63, 3.8) is 0 Å². The van der Waals surface area contributed by atoms with E-state index < -0.39 is 0 Å². The average molecular weight is 252 g/mol. The third-order valence-corrected chi connectivity index (χ3v) is 3.21. The van der Waals surface area contributed by atoms with Crippen LogP contribution in [0.3, 0.4) is 0 Å². The van der Waals surface area contributed by atoms with Gasteiger partial charge in [-0.15, -0.1) is 12.4 Å². The third kappa shape index (κ3) is 1.69. The number of amides is 1. The molecule has 0 saturated carbocycles. The molecule has 3 rings (SSSR count). The smallest absolute Gasteiger partial charge is 0.251 e. The monoisotopic (exact) mass is 251 g/mol. The summed E-state index contributed by atoms with van der Waals surface area (Å²) in [6, 6.07) is 5.72. The zero-order valence-corrected chi connectivity index (χ0v) is 10.0. The number of rotatable bonds is 1. The zero-order valence-electron chi connectivity index (χ0n) is 9.19. The van der Waals surface area contributed by atoms with E-state index >= 15 is 0 Å². The Labute approximate surface area is 105 Å². The van der Waals surface area contributed by atoms with Crippen LogP contribution in [-0.4, -0.2) is 24.0 Å². The van der Waals surface area contributed by atoms with Gasteiger partial charge in [0.25, 0.3) is 5.91 Å². The summed E-state index contributed by atoms with van der Waals surface area (Å²) in [7, 11) is 0. The molecule has 4 N–H and O–H groups in total. The van der Waals surface area contributed by atoms with Crippen LogP contribution in [0.2, 0.25) is 0 Å². The number of hydrogen-bond acceptors (Lipinski definition) is 2. The van der Waals surface area contributed by atoms with E-state index in [0.717, 1.165) is 22.0 Å². The molecule has 2 aromatic rings. The standard InChI is InChI=1S/C12H13N3O.ClH/c13-4-7-5-15-12(16)8-2-1-3-10-11(8)9(7)6-14-10;/h1-3,6-7,14H,4-5,13H2,(H,15,16);1H/t7-;/m1./s1. The van der Waals surface area contributed by atoms with Crippen LogP contribution in [0.1, 0.15) is 21.8 Å². The summed E-state index contributed by atoms with van der Waals surface area (Å²) in [6.45, 7) is 1.15. The molecule has 0 bridgehead atoms. The van der Waals surface area contributed by atoms with Gasteiger partial charge in [-0.05, 0) is 17.7 Å². The lowest BCUT2D eigenvalue weighted by molar-refractivity contribution is 0.0955. The summed E-state index contributed by atoms with van der Waals surface area (Å²) >= 11 is 0. The Hall–Kier alpha value is -1.52. The predicted molar refractivity (Wildman–Crippen MR) is 69.7 cm³/mol. The van der Waals surface area contributed by atoms with Crippen molar-refractivity contribution < 1.29 is 4.79 Å². The van der Waals surface area contributed by atoms with Gasteiger partial charge in [-0.3, -0.25) is 4.79 Å². The summed E-state index contributed by atoms with van der Waals surface area (Å²) in [5.74, 6) is 0.184. The van der Waals surface area contributed by atoms with Crippen molar-refractivity contribution in [1.29, 1.82) is 0 Å². The fraction of sp³-hybridized carbons (Fsp3) is 0.250. The van der Waals surface area contributed by atoms with E-state index in [1.165, 1.54) is 0 Å². The second kappa shape index (κ2) is 4.39. The Balaban J connectivity index is 0.00000108. The largest absolute Gasteiger partial charge is 0.361 e. The maximum Gasteiger partial charge on any atom is 0.251 e. The molecule has 1 aliphatic heterocycles. The highest BCUT2D eigenvalue weighted by Crippen LogP contribution is 2.30. The molecule has 0 unspecified atom stereocenters. The van der Waals surface area contributed by atoms with Gasteiger partial charge in [-0.2, -0.15) is 0 Å². The Morgan fingerprint density at radius 3 is 3.00 bits per heavy atom. The number of nitrogens with one attached hydrogen (secondary N) is 2. The zero-order chi connectivity index (χ0) is 11.1. The van der Waals surface area contributed by atoms with Crippen LogP contribution in [-0.2, 0) is 0 Å². The Morgan fingerprint density at radius 2 is 2.24 bits per heavy atom. The van der Waals surface area contributed by atoms with Gasteiger partial charge in [-0.25, -0.2) is 0 Å². The number of aromatic nitrogens is 1. The number of nitrogens with two attached hydrogens (primary N) is 1. The number of carbonyl (C=O) groups is 1. The van der Waals surface area contributed by atoms with Crippen LogP contribution >= 0.6 is 12.4 Å². The molecule has 5 heteroatoms. The summed E-state index contributed by atoms with van der Waals surface area (Å²) in [6.07, 6.45) is 1.96. The summed E-state index contributed by atoms with van der Waals surface area (Å²) in [5, 5.41) is 3.93. The quantitative estimate of drug-likeness (QED) is 0.717. The lowest BCUT2D eigenvalue weighted by Crippen LogP contribution is -2.29. The predicted octanol–water partition coefficient (Wildman–Crippen LogP) is 1.38. The molecule has 1 amide bonds. The minimum absolute atomic E-state index is 0. The number of hydrogen-bond donors (Lipinski definition) is 3. The maximum absolute atomic E-state index is 11.9. The molecule has 0 saturated heterocycles. The minimum atomic E-state index is -0.0117. The molecule has 0 fully saturated rings. The number of carbonyl (C=O) groups excluding carboxylic acids is 1. The lowest BCUT2D eigenvalue weighted by atomic mass is 9.98. The van der Waals surface area contributed by atoms with Crippen molar-refractivity contribution in [2.75, 3.05) is 13.1 Å². The average Bonchev–Trinajstić information content (AvgIpc) is 2.67. The van der Waals surface area contributed by atoms with E-state index in [1.807, 2.05) is 24.4 Å². The first kappa shape index (κ1) is 12.0. The number of benzene rings is 1. The molecule has 17 heavy (non-hydrogen) atoms. The van der Waals surface area contributed by atoms with Crippen LogP contribution in [0.5, 0.6) is 0 Å². The fourth-order valence-corrected chi connectivity index (χ4v) is 2.35. The first-order valence-electron chi connectivity index (χ1n) is 5.39. The molecular formula is C12H14ClN3O. The second-order valence-corrected chi connectivity index (χ2v) is 4.11. The molecular weight excluding hydrogens is 238 g/mol. The molecule has 1 aromatic carbocycles. The normalized spacial score (nSPS) is 18.4. The fourth-order valence-electron chi connectivity index (χ4n) is 2.35. The van der Waals surface area contributed by atoms with E-state index in [0.29, 0.717) is 13.1 Å². The van der Waals surface area contributed by atoms with Crippen LogP contribution in [0, 0.1) is 0 Å². The number of H-pyrrole nitrogens is 1. The first-order valence-corrected chi connectivity index (χ1v) is 5.39. The minimum Gasteiger partial charge on any atom is -0.361 e. The van der Waals surface area contributed by atoms with E-state index in [9.17, 15) is 4.79 Å². The van der Waals surface area contributed by atoms with Gasteiger partial charge >= 0.3 is 0 Å². The summed E-state index contributed by atoms with van der Waals surface area (Å²) in [4.78, 5) is 15.1. The van der Waals surface area contributed by atoms with Crippen molar-refractivity contribution in [1.82, 2.24) is 10.3 Å². The lowest BCUT2D eigenvalue weighted by Gasteiger charge is -2.10. The van der Waals surface area contributed by atoms with Gasteiger partial charge in [0.15, 0.2) is 0 Å². The topological polar surface area (TPSA) is 70.9 Å². The van der Waals surface area contributed by atoms with Crippen LogP contribution < -0.4 is 11.1 Å². The molecule has 90 valence electrons. The maximum atomic E-state index is 11.9. The Kier molecular flexibility index (Phi) is 3.09. The molecule has 0 radical (unpaired) electrons. The van der Waals surface area contributed by atoms with E-state index in [1.54, 1.807) is 0 Å². The molecule has 1 aliphatic rings. The Bertz CT molecular complexity index is 564. The van der Waals surface area contributed by atoms with Crippen molar-refractivity contribution >= 4 is 29.2 Å². The van der Waals surface area contributed by atoms with Crippen molar-refractivity contribution in [3.05, 3.63) is 35.5 Å². The molecule has 1 atom stereocenters. The Morgan fingerprint density at radius 1 is 1.41 bits per heavy atom. The first-order chi connectivity index (χ1) is 7.81. The molecule has 2 heterocycles. The highest BCUT2D eigenvalue weighted by molar-refractivity contribution is 6.08. The molecule has 0 aliphatic carbocycles. The van der Waals surface area contributed by atoms with Gasteiger partial charge in [0, 0.05) is 41.7 Å². The number of halogens is 1. The van der Waals surface area contributed by atoms with Gasteiger partial charge in [0.05, 0.1) is 0 Å². The van der Waals surface area contributed by atoms with Gasteiger partial charge in [0.1, 0.15) is 0 Å². The summed E-state index contributed by atoms with van der Waals surface area (Å²) in [5.41, 5.74) is 8.63. The number of aromatic amines is 1. The second-order valence-electron chi connectivity index (χ2n) is 4.11. The molecule has 1 aromatic heterocycles. The van der Waals surface area contributed by atoms with Crippen LogP contribution in [0.15, 0.2) is 24.4 Å². The highest BCUT2D eigenvalue weighted by atomic mass is 35.5. The van der Waals surface area contributed by atoms with Gasteiger partial charge in [0.2, 0.25) is 0 Å². The van der Waals surface area contributed by atoms with E-state index in [-0.39, 0.29) is 24.2 Å². The van der Waals surface area contributed by atoms with E-state index in [2.05, 4.69) is 10.3 Å². The third-order valence-electron chi connectivity index (χ3n) is 3.21. The summed E-state index contributed by atoms with van der Waals surface area (Å²) < 4.78 is 0. The molecule has 0 spiro atoms. The van der Waals surface area contributed by atoms with Gasteiger partial charge in [-0.1, -0.05) is 6.07 Å². The highest BCUT2D eigenvalue weighted by Gasteiger charge is 2.23. The van der Waals surface area contributed by atoms with E-state index in [4.69, 9.17) is 5.73 Å². The van der Waals surface area contributed by atoms with Gasteiger partial charge < -0.3 is 16.0 Å². The van der Waals surface area contributed by atoms with Crippen molar-refractivity contribution in [3.8, 4) is 0 Å². The van der Waals surface area contributed by atoms with Crippen LogP contribution in [0.4, 0.5) is 0 Å².